The fourth-order valence-corrected chi connectivity index (χ4v) is 5.90. The molecular formula is C25H31N3O5S. The van der Waals surface area contributed by atoms with Crippen molar-refractivity contribution in [3.63, 3.8) is 0 Å². The van der Waals surface area contributed by atoms with Crippen LogP contribution in [0.5, 0.6) is 0 Å². The number of morpholine rings is 1. The second-order valence-corrected chi connectivity index (χ2v) is 10.7. The molecule has 0 aromatic heterocycles. The molecule has 2 atom stereocenters. The molecule has 2 aromatic carbocycles. The number of carbonyl (C=O) groups excluding carboxylic acids is 2. The molecule has 0 bridgehead atoms. The number of benzene rings is 2. The molecule has 0 spiro atoms. The van der Waals surface area contributed by atoms with Gasteiger partial charge in [0, 0.05) is 45.6 Å². The van der Waals surface area contributed by atoms with Crippen LogP contribution in [0.3, 0.4) is 0 Å². The SMILES string of the molecule is CC1CN(C(=O)CCC(=O)N2CCN(S(=O)(=O)c3ccccc3)CC2)CC(c2ccccc2)O1. The van der Waals surface area contributed by atoms with E-state index in [1.165, 1.54) is 4.31 Å². The number of rotatable bonds is 6. The van der Waals surface area contributed by atoms with Gasteiger partial charge < -0.3 is 14.5 Å². The summed E-state index contributed by atoms with van der Waals surface area (Å²) in [5.41, 5.74) is 1.03. The van der Waals surface area contributed by atoms with Gasteiger partial charge in [-0.15, -0.1) is 0 Å². The van der Waals surface area contributed by atoms with Crippen molar-refractivity contribution in [1.82, 2.24) is 14.1 Å². The maximum atomic E-state index is 12.9. The predicted molar refractivity (Wildman–Crippen MR) is 127 cm³/mol. The van der Waals surface area contributed by atoms with E-state index in [0.29, 0.717) is 26.2 Å². The Kier molecular flexibility index (Phi) is 7.65. The standard InChI is InChI=1S/C25H31N3O5S/c1-20-18-27(19-23(33-20)21-8-4-2-5-9-21)25(30)13-12-24(29)26-14-16-28(17-15-26)34(31,32)22-10-6-3-7-11-22/h2-11,20,23H,12-19H2,1H3. The van der Waals surface area contributed by atoms with Gasteiger partial charge in [0.2, 0.25) is 21.8 Å². The van der Waals surface area contributed by atoms with Crippen LogP contribution in [0.4, 0.5) is 0 Å². The van der Waals surface area contributed by atoms with Crippen LogP contribution >= 0.6 is 0 Å². The molecule has 0 saturated carbocycles. The van der Waals surface area contributed by atoms with E-state index in [2.05, 4.69) is 0 Å². The van der Waals surface area contributed by atoms with Gasteiger partial charge in [0.05, 0.1) is 17.5 Å². The van der Waals surface area contributed by atoms with Crippen molar-refractivity contribution in [2.45, 2.75) is 36.9 Å². The normalized spacial score (nSPS) is 21.9. The van der Waals surface area contributed by atoms with Crippen molar-refractivity contribution < 1.29 is 22.7 Å². The Morgan fingerprint density at radius 3 is 2.00 bits per heavy atom. The minimum absolute atomic E-state index is 0.0604. The second kappa shape index (κ2) is 10.7. The largest absolute Gasteiger partial charge is 0.367 e. The predicted octanol–water partition coefficient (Wildman–Crippen LogP) is 2.29. The van der Waals surface area contributed by atoms with E-state index in [9.17, 15) is 18.0 Å². The van der Waals surface area contributed by atoms with Crippen molar-refractivity contribution in [2.75, 3.05) is 39.3 Å². The van der Waals surface area contributed by atoms with Crippen LogP contribution in [-0.2, 0) is 24.3 Å². The molecule has 2 aliphatic rings. The van der Waals surface area contributed by atoms with Crippen LogP contribution in [0.2, 0.25) is 0 Å². The van der Waals surface area contributed by atoms with Crippen molar-refractivity contribution in [1.29, 1.82) is 0 Å². The van der Waals surface area contributed by atoms with E-state index < -0.39 is 10.0 Å². The third-order valence-electron chi connectivity index (χ3n) is 6.31. The zero-order chi connectivity index (χ0) is 24.1. The monoisotopic (exact) mass is 485 g/mol. The molecule has 2 heterocycles. The first-order valence-electron chi connectivity index (χ1n) is 11.7. The molecular weight excluding hydrogens is 454 g/mol. The minimum atomic E-state index is -3.56. The molecule has 2 amide bonds. The molecule has 0 aliphatic carbocycles. The van der Waals surface area contributed by atoms with Gasteiger partial charge in [-0.3, -0.25) is 9.59 Å². The van der Waals surface area contributed by atoms with Gasteiger partial charge in [-0.25, -0.2) is 8.42 Å². The highest BCUT2D eigenvalue weighted by Gasteiger charge is 2.32. The zero-order valence-electron chi connectivity index (χ0n) is 19.4. The molecule has 4 rings (SSSR count). The van der Waals surface area contributed by atoms with Crippen LogP contribution in [0.15, 0.2) is 65.6 Å². The molecule has 9 heteroatoms. The first-order valence-corrected chi connectivity index (χ1v) is 13.1. The maximum Gasteiger partial charge on any atom is 0.243 e. The number of sulfonamides is 1. The van der Waals surface area contributed by atoms with E-state index in [0.717, 1.165) is 5.56 Å². The quantitative estimate of drug-likeness (QED) is 0.627. The van der Waals surface area contributed by atoms with E-state index >= 15 is 0 Å². The summed E-state index contributed by atoms with van der Waals surface area (Å²) in [5.74, 6) is -0.180. The smallest absolute Gasteiger partial charge is 0.243 e. The Labute approximate surface area is 201 Å². The number of amides is 2. The summed E-state index contributed by atoms with van der Waals surface area (Å²) in [7, 11) is -3.56. The van der Waals surface area contributed by atoms with Gasteiger partial charge in [0.1, 0.15) is 6.10 Å². The van der Waals surface area contributed by atoms with Gasteiger partial charge in [0.15, 0.2) is 0 Å². The molecule has 0 radical (unpaired) electrons. The van der Waals surface area contributed by atoms with E-state index in [1.54, 1.807) is 40.1 Å². The zero-order valence-corrected chi connectivity index (χ0v) is 20.2. The van der Waals surface area contributed by atoms with Crippen molar-refractivity contribution in [3.05, 3.63) is 66.2 Å². The van der Waals surface area contributed by atoms with Gasteiger partial charge in [-0.1, -0.05) is 48.5 Å². The summed E-state index contributed by atoms with van der Waals surface area (Å²) < 4.78 is 33.0. The summed E-state index contributed by atoms with van der Waals surface area (Å²) in [6.45, 7) is 4.06. The van der Waals surface area contributed by atoms with Crippen LogP contribution in [0.1, 0.15) is 31.4 Å². The van der Waals surface area contributed by atoms with Crippen LogP contribution in [0, 0.1) is 0 Å². The van der Waals surface area contributed by atoms with Gasteiger partial charge >= 0.3 is 0 Å². The lowest BCUT2D eigenvalue weighted by molar-refractivity contribution is -0.147. The average molecular weight is 486 g/mol. The van der Waals surface area contributed by atoms with Crippen molar-refractivity contribution in [3.8, 4) is 0 Å². The number of hydrogen-bond acceptors (Lipinski definition) is 5. The first kappa shape index (κ1) is 24.4. The van der Waals surface area contributed by atoms with Crippen LogP contribution < -0.4 is 0 Å². The van der Waals surface area contributed by atoms with Crippen molar-refractivity contribution >= 4 is 21.8 Å². The fraction of sp³-hybridized carbons (Fsp3) is 0.440. The Hall–Kier alpha value is -2.75. The molecule has 2 saturated heterocycles. The fourth-order valence-electron chi connectivity index (χ4n) is 4.46. The number of piperazine rings is 1. The molecule has 2 aliphatic heterocycles. The summed E-state index contributed by atoms with van der Waals surface area (Å²) in [6.07, 6.45) is -0.00999. The average Bonchev–Trinajstić information content (AvgIpc) is 2.87. The molecule has 8 nitrogen and oxygen atoms in total. The lowest BCUT2D eigenvalue weighted by Crippen LogP contribution is -2.50. The molecule has 182 valence electrons. The molecule has 2 aromatic rings. The third kappa shape index (κ3) is 5.65. The summed E-state index contributed by atoms with van der Waals surface area (Å²) in [4.78, 5) is 29.3. The second-order valence-electron chi connectivity index (χ2n) is 8.74. The Morgan fingerprint density at radius 1 is 0.824 bits per heavy atom. The van der Waals surface area contributed by atoms with Crippen LogP contribution in [0.25, 0.3) is 0 Å². The number of hydrogen-bond donors (Lipinski definition) is 0. The Balaban J connectivity index is 1.27. The molecule has 2 unspecified atom stereocenters. The Morgan fingerprint density at radius 2 is 1.38 bits per heavy atom. The summed E-state index contributed by atoms with van der Waals surface area (Å²) in [5, 5.41) is 0. The number of ether oxygens (including phenoxy) is 1. The lowest BCUT2D eigenvalue weighted by Gasteiger charge is -2.37. The Bertz CT molecular complexity index is 1090. The van der Waals surface area contributed by atoms with Crippen LogP contribution in [-0.4, -0.2) is 79.7 Å². The highest BCUT2D eigenvalue weighted by molar-refractivity contribution is 7.89. The first-order chi connectivity index (χ1) is 16.3. The summed E-state index contributed by atoms with van der Waals surface area (Å²) in [6, 6.07) is 18.2. The van der Waals surface area contributed by atoms with E-state index in [4.69, 9.17) is 4.74 Å². The number of nitrogens with zero attached hydrogens (tertiary/aromatic N) is 3. The minimum Gasteiger partial charge on any atom is -0.367 e. The number of carbonyl (C=O) groups is 2. The maximum absolute atomic E-state index is 12.9. The van der Waals surface area contributed by atoms with E-state index in [1.807, 2.05) is 37.3 Å². The van der Waals surface area contributed by atoms with Gasteiger partial charge in [0.25, 0.3) is 0 Å². The van der Waals surface area contributed by atoms with Gasteiger partial charge in [-0.2, -0.15) is 4.31 Å². The highest BCUT2D eigenvalue weighted by atomic mass is 32.2. The topological polar surface area (TPSA) is 87.2 Å². The molecule has 2 fully saturated rings. The van der Waals surface area contributed by atoms with E-state index in [-0.39, 0.29) is 54.8 Å². The molecule has 0 N–H and O–H groups in total. The van der Waals surface area contributed by atoms with Crippen molar-refractivity contribution in [2.24, 2.45) is 0 Å². The summed E-state index contributed by atoms with van der Waals surface area (Å²) >= 11 is 0. The lowest BCUT2D eigenvalue weighted by atomic mass is 10.1. The highest BCUT2D eigenvalue weighted by Crippen LogP contribution is 2.25. The third-order valence-corrected chi connectivity index (χ3v) is 8.22. The molecule has 34 heavy (non-hydrogen) atoms. The van der Waals surface area contributed by atoms with Gasteiger partial charge in [-0.05, 0) is 24.6 Å².